The Bertz CT molecular complexity index is 593. The molecule has 0 saturated heterocycles. The van der Waals surface area contributed by atoms with Crippen LogP contribution in [-0.4, -0.2) is 13.0 Å². The van der Waals surface area contributed by atoms with Crippen molar-refractivity contribution < 1.29 is 9.53 Å². The second-order valence-electron chi connectivity index (χ2n) is 5.31. The van der Waals surface area contributed by atoms with E-state index in [0.717, 1.165) is 5.56 Å². The van der Waals surface area contributed by atoms with E-state index in [0.29, 0.717) is 17.2 Å². The van der Waals surface area contributed by atoms with Crippen molar-refractivity contribution >= 4 is 5.91 Å². The third kappa shape index (κ3) is 3.63. The van der Waals surface area contributed by atoms with Gasteiger partial charge >= 0.3 is 0 Å². The van der Waals surface area contributed by atoms with Crippen molar-refractivity contribution in [3.05, 3.63) is 65.7 Å². The first kappa shape index (κ1) is 15.1. The van der Waals surface area contributed by atoms with Gasteiger partial charge in [-0.2, -0.15) is 0 Å². The normalized spacial score (nSPS) is 12.0. The van der Waals surface area contributed by atoms with E-state index in [4.69, 9.17) is 4.74 Å². The Balaban J connectivity index is 2.23. The number of hydrogen-bond donors (Lipinski definition) is 1. The molecule has 0 heterocycles. The number of hydrogen-bond acceptors (Lipinski definition) is 2. The first-order chi connectivity index (χ1) is 10.1. The van der Waals surface area contributed by atoms with Gasteiger partial charge in [0.15, 0.2) is 0 Å². The lowest BCUT2D eigenvalue weighted by Gasteiger charge is -2.23. The van der Waals surface area contributed by atoms with E-state index in [-0.39, 0.29) is 11.9 Å². The minimum atomic E-state index is -0.116. The Kier molecular flexibility index (Phi) is 4.99. The van der Waals surface area contributed by atoms with Gasteiger partial charge in [-0.25, -0.2) is 0 Å². The fraction of sp³-hybridized carbons (Fsp3) is 0.278. The van der Waals surface area contributed by atoms with Crippen molar-refractivity contribution in [1.29, 1.82) is 0 Å². The topological polar surface area (TPSA) is 38.3 Å². The highest BCUT2D eigenvalue weighted by molar-refractivity contribution is 5.97. The molecule has 21 heavy (non-hydrogen) atoms. The average Bonchev–Trinajstić information content (AvgIpc) is 2.52. The summed E-state index contributed by atoms with van der Waals surface area (Å²) in [6, 6.07) is 17.3. The van der Waals surface area contributed by atoms with Crippen molar-refractivity contribution in [3.63, 3.8) is 0 Å². The lowest BCUT2D eigenvalue weighted by Crippen LogP contribution is -2.32. The molecule has 1 atom stereocenters. The summed E-state index contributed by atoms with van der Waals surface area (Å²) in [4.78, 5) is 12.5. The molecule has 0 aliphatic rings. The monoisotopic (exact) mass is 283 g/mol. The molecule has 0 fully saturated rings. The fourth-order valence-electron chi connectivity index (χ4n) is 2.35. The minimum absolute atomic E-state index is 0.0244. The molecule has 0 aliphatic heterocycles. The molecule has 0 saturated carbocycles. The Morgan fingerprint density at radius 3 is 2.24 bits per heavy atom. The molecular weight excluding hydrogens is 262 g/mol. The van der Waals surface area contributed by atoms with Crippen LogP contribution in [0.15, 0.2) is 54.6 Å². The summed E-state index contributed by atoms with van der Waals surface area (Å²) < 4.78 is 5.25. The third-order valence-electron chi connectivity index (χ3n) is 3.46. The number of carbonyl (C=O) groups excluding carboxylic acids is 1. The number of benzene rings is 2. The number of ether oxygens (including phenoxy) is 1. The molecule has 1 N–H and O–H groups in total. The first-order valence-electron chi connectivity index (χ1n) is 7.12. The maximum Gasteiger partial charge on any atom is 0.255 e. The lowest BCUT2D eigenvalue weighted by atomic mass is 9.95. The zero-order chi connectivity index (χ0) is 15.2. The summed E-state index contributed by atoms with van der Waals surface area (Å²) in [5.74, 6) is 0.770. The first-order valence-corrected chi connectivity index (χ1v) is 7.12. The van der Waals surface area contributed by atoms with Gasteiger partial charge in [-0.05, 0) is 23.6 Å². The quantitative estimate of drug-likeness (QED) is 0.906. The molecule has 1 unspecified atom stereocenters. The molecule has 110 valence electrons. The Labute approximate surface area is 126 Å². The number of carbonyl (C=O) groups is 1. The Hall–Kier alpha value is -2.29. The molecule has 0 bridgehead atoms. The number of nitrogens with one attached hydrogen (secondary N) is 1. The van der Waals surface area contributed by atoms with E-state index < -0.39 is 0 Å². The van der Waals surface area contributed by atoms with Gasteiger partial charge in [-0.15, -0.1) is 0 Å². The summed E-state index contributed by atoms with van der Waals surface area (Å²) in [5, 5.41) is 3.10. The van der Waals surface area contributed by atoms with Gasteiger partial charge in [0, 0.05) is 0 Å². The zero-order valence-corrected chi connectivity index (χ0v) is 12.7. The molecule has 0 spiro atoms. The van der Waals surface area contributed by atoms with Crippen molar-refractivity contribution in [3.8, 4) is 5.75 Å². The summed E-state index contributed by atoms with van der Waals surface area (Å²) >= 11 is 0. The van der Waals surface area contributed by atoms with Crippen molar-refractivity contribution in [2.24, 2.45) is 5.92 Å². The van der Waals surface area contributed by atoms with Crippen molar-refractivity contribution in [2.45, 2.75) is 19.9 Å². The maximum atomic E-state index is 12.5. The van der Waals surface area contributed by atoms with Gasteiger partial charge in [-0.3, -0.25) is 4.79 Å². The van der Waals surface area contributed by atoms with E-state index in [1.807, 2.05) is 42.5 Å². The Morgan fingerprint density at radius 2 is 1.62 bits per heavy atom. The Morgan fingerprint density at radius 1 is 1.00 bits per heavy atom. The predicted octanol–water partition coefficient (Wildman–Crippen LogP) is 3.82. The molecule has 2 rings (SSSR count). The number of rotatable bonds is 5. The summed E-state index contributed by atoms with van der Waals surface area (Å²) in [6.07, 6.45) is 0. The van der Waals surface area contributed by atoms with Crippen LogP contribution in [0.1, 0.15) is 35.8 Å². The largest absolute Gasteiger partial charge is 0.496 e. The summed E-state index contributed by atoms with van der Waals surface area (Å²) in [7, 11) is 1.57. The summed E-state index contributed by atoms with van der Waals surface area (Å²) in [5.41, 5.74) is 1.66. The van der Waals surface area contributed by atoms with E-state index in [1.165, 1.54) is 0 Å². The van der Waals surface area contributed by atoms with E-state index in [2.05, 4.69) is 19.2 Å². The van der Waals surface area contributed by atoms with Crippen LogP contribution in [0.3, 0.4) is 0 Å². The van der Waals surface area contributed by atoms with E-state index in [9.17, 15) is 4.79 Å². The highest BCUT2D eigenvalue weighted by Gasteiger charge is 2.20. The van der Waals surface area contributed by atoms with E-state index >= 15 is 0 Å². The standard InChI is InChI=1S/C18H21NO2/c1-13(2)17(14-9-5-4-6-10-14)19-18(20)15-11-7-8-12-16(15)21-3/h4-13,17H,1-3H3,(H,19,20). The highest BCUT2D eigenvalue weighted by Crippen LogP contribution is 2.24. The molecule has 2 aromatic rings. The van der Waals surface area contributed by atoms with Crippen LogP contribution in [0, 0.1) is 5.92 Å². The molecule has 1 amide bonds. The van der Waals surface area contributed by atoms with Gasteiger partial charge in [0.05, 0.1) is 18.7 Å². The minimum Gasteiger partial charge on any atom is -0.496 e. The van der Waals surface area contributed by atoms with Crippen molar-refractivity contribution in [1.82, 2.24) is 5.32 Å². The van der Waals surface area contributed by atoms with E-state index in [1.54, 1.807) is 19.2 Å². The van der Waals surface area contributed by atoms with Crippen LogP contribution in [-0.2, 0) is 0 Å². The van der Waals surface area contributed by atoms with Gasteiger partial charge in [0.25, 0.3) is 5.91 Å². The van der Waals surface area contributed by atoms with Crippen LogP contribution in [0.5, 0.6) is 5.75 Å². The summed E-state index contributed by atoms with van der Waals surface area (Å²) in [6.45, 7) is 4.19. The number of methoxy groups -OCH3 is 1. The molecule has 2 aromatic carbocycles. The average molecular weight is 283 g/mol. The number of amides is 1. The highest BCUT2D eigenvalue weighted by atomic mass is 16.5. The SMILES string of the molecule is COc1ccccc1C(=O)NC(c1ccccc1)C(C)C. The van der Waals surface area contributed by atoms with Crippen LogP contribution >= 0.6 is 0 Å². The molecule has 0 aliphatic carbocycles. The molecule has 3 heteroatoms. The molecule has 3 nitrogen and oxygen atoms in total. The van der Waals surface area contributed by atoms with Gasteiger partial charge in [-0.1, -0.05) is 56.3 Å². The fourth-order valence-corrected chi connectivity index (χ4v) is 2.35. The zero-order valence-electron chi connectivity index (χ0n) is 12.7. The maximum absolute atomic E-state index is 12.5. The molecule has 0 radical (unpaired) electrons. The second-order valence-corrected chi connectivity index (χ2v) is 5.31. The smallest absolute Gasteiger partial charge is 0.255 e. The van der Waals surface area contributed by atoms with Crippen LogP contribution in [0.2, 0.25) is 0 Å². The van der Waals surface area contributed by atoms with Crippen LogP contribution in [0.4, 0.5) is 0 Å². The lowest BCUT2D eigenvalue weighted by molar-refractivity contribution is 0.0922. The molecule has 0 aromatic heterocycles. The van der Waals surface area contributed by atoms with Gasteiger partial charge in [0.2, 0.25) is 0 Å². The van der Waals surface area contributed by atoms with Gasteiger partial charge in [0.1, 0.15) is 5.75 Å². The van der Waals surface area contributed by atoms with Crippen LogP contribution in [0.25, 0.3) is 0 Å². The second kappa shape index (κ2) is 6.93. The number of para-hydroxylation sites is 1. The van der Waals surface area contributed by atoms with Crippen LogP contribution < -0.4 is 10.1 Å². The molecular formula is C18H21NO2. The van der Waals surface area contributed by atoms with Gasteiger partial charge < -0.3 is 10.1 Å². The third-order valence-corrected chi connectivity index (χ3v) is 3.46. The predicted molar refractivity (Wildman–Crippen MR) is 84.5 cm³/mol. The van der Waals surface area contributed by atoms with Crippen molar-refractivity contribution in [2.75, 3.05) is 7.11 Å².